The highest BCUT2D eigenvalue weighted by atomic mass is 15.0. The van der Waals surface area contributed by atoms with Crippen LogP contribution in [0.4, 0.5) is 5.95 Å². The first-order valence-corrected chi connectivity index (χ1v) is 4.19. The van der Waals surface area contributed by atoms with Crippen LogP contribution in [0.5, 0.6) is 0 Å². The highest BCUT2D eigenvalue weighted by Gasteiger charge is 1.98. The largest absolute Gasteiger partial charge is 0.368 e. The van der Waals surface area contributed by atoms with Crippen molar-refractivity contribution in [2.45, 2.75) is 0 Å². The van der Waals surface area contributed by atoms with E-state index in [1.165, 1.54) is 0 Å². The number of nitrogen functional groups attached to an aromatic ring is 1. The van der Waals surface area contributed by atoms with Crippen molar-refractivity contribution >= 4 is 5.95 Å². The Labute approximate surface area is 82.6 Å². The third-order valence-corrected chi connectivity index (χ3v) is 1.89. The van der Waals surface area contributed by atoms with Crippen LogP contribution in [0.25, 0.3) is 11.1 Å². The molecule has 68 valence electrons. The quantitative estimate of drug-likeness (QED) is 0.733. The zero-order valence-corrected chi connectivity index (χ0v) is 7.51. The lowest BCUT2D eigenvalue weighted by molar-refractivity contribution is 1.19. The minimum absolute atomic E-state index is 0.276. The Hall–Kier alpha value is -1.90. The van der Waals surface area contributed by atoms with Gasteiger partial charge >= 0.3 is 0 Å². The van der Waals surface area contributed by atoms with E-state index in [0.717, 1.165) is 16.7 Å². The number of anilines is 1. The molecule has 2 rings (SSSR count). The fourth-order valence-electron chi connectivity index (χ4n) is 1.21. The van der Waals surface area contributed by atoms with Crippen LogP contribution in [0, 0.1) is 6.92 Å². The Balaban J connectivity index is 2.44. The highest BCUT2D eigenvalue weighted by Crippen LogP contribution is 2.18. The Morgan fingerprint density at radius 3 is 2.43 bits per heavy atom. The molecule has 2 aromatic rings. The molecular formula is C11H9N3. The topological polar surface area (TPSA) is 51.8 Å². The van der Waals surface area contributed by atoms with Crippen LogP contribution in [-0.4, -0.2) is 9.97 Å². The molecule has 0 spiro atoms. The summed E-state index contributed by atoms with van der Waals surface area (Å²) in [5, 5.41) is 0. The summed E-state index contributed by atoms with van der Waals surface area (Å²) in [5.74, 6) is 0.276. The second kappa shape index (κ2) is 3.46. The molecule has 0 saturated carbocycles. The van der Waals surface area contributed by atoms with E-state index < -0.39 is 0 Å². The SMILES string of the molecule is [CH]c1cccc(-c2cnc(N)nc2)c1. The molecule has 0 aliphatic carbocycles. The molecule has 0 fully saturated rings. The van der Waals surface area contributed by atoms with Gasteiger partial charge in [0.1, 0.15) is 0 Å². The van der Waals surface area contributed by atoms with Crippen LogP contribution < -0.4 is 5.73 Å². The molecule has 0 aliphatic heterocycles. The van der Waals surface area contributed by atoms with Crippen molar-refractivity contribution in [3.8, 4) is 11.1 Å². The van der Waals surface area contributed by atoms with Gasteiger partial charge in [-0.15, -0.1) is 0 Å². The predicted octanol–water partition coefficient (Wildman–Crippen LogP) is 1.78. The molecule has 3 nitrogen and oxygen atoms in total. The molecular weight excluding hydrogens is 174 g/mol. The van der Waals surface area contributed by atoms with Gasteiger partial charge in [0.05, 0.1) is 0 Å². The molecule has 1 aromatic carbocycles. The first kappa shape index (κ1) is 8.69. The molecule has 0 amide bonds. The first-order chi connectivity index (χ1) is 6.75. The lowest BCUT2D eigenvalue weighted by Gasteiger charge is -2.01. The van der Waals surface area contributed by atoms with Crippen molar-refractivity contribution in [2.75, 3.05) is 5.73 Å². The second-order valence-corrected chi connectivity index (χ2v) is 2.96. The van der Waals surface area contributed by atoms with Crippen molar-refractivity contribution < 1.29 is 0 Å². The van der Waals surface area contributed by atoms with Crippen molar-refractivity contribution in [1.29, 1.82) is 0 Å². The van der Waals surface area contributed by atoms with Gasteiger partial charge in [-0.25, -0.2) is 9.97 Å². The predicted molar refractivity (Wildman–Crippen MR) is 55.3 cm³/mol. The van der Waals surface area contributed by atoms with E-state index in [1.54, 1.807) is 12.4 Å². The third-order valence-electron chi connectivity index (χ3n) is 1.89. The molecule has 0 bridgehead atoms. The van der Waals surface area contributed by atoms with Crippen LogP contribution in [0.3, 0.4) is 0 Å². The maximum Gasteiger partial charge on any atom is 0.219 e. The van der Waals surface area contributed by atoms with Crippen LogP contribution in [0.2, 0.25) is 0 Å². The molecule has 3 heteroatoms. The van der Waals surface area contributed by atoms with Gasteiger partial charge < -0.3 is 5.73 Å². The van der Waals surface area contributed by atoms with Gasteiger partial charge in [-0.2, -0.15) is 0 Å². The minimum atomic E-state index is 0.276. The summed E-state index contributed by atoms with van der Waals surface area (Å²) in [7, 11) is 0. The molecule has 0 aliphatic rings. The average molecular weight is 183 g/mol. The summed E-state index contributed by atoms with van der Waals surface area (Å²) in [6.07, 6.45) is 3.36. The van der Waals surface area contributed by atoms with E-state index in [2.05, 4.69) is 9.97 Å². The summed E-state index contributed by atoms with van der Waals surface area (Å²) in [6.45, 7) is 5.66. The smallest absolute Gasteiger partial charge is 0.219 e. The lowest BCUT2D eigenvalue weighted by Crippen LogP contribution is -1.93. The number of hydrogen-bond acceptors (Lipinski definition) is 3. The number of benzene rings is 1. The van der Waals surface area contributed by atoms with Gasteiger partial charge in [-0.1, -0.05) is 24.3 Å². The monoisotopic (exact) mass is 183 g/mol. The fraction of sp³-hybridized carbons (Fsp3) is 0. The van der Waals surface area contributed by atoms with Gasteiger partial charge in [-0.05, 0) is 18.1 Å². The first-order valence-electron chi connectivity index (χ1n) is 4.19. The van der Waals surface area contributed by atoms with Gasteiger partial charge in [0.15, 0.2) is 0 Å². The summed E-state index contributed by atoms with van der Waals surface area (Å²) in [5.41, 5.74) is 8.01. The number of hydrogen-bond donors (Lipinski definition) is 1. The normalized spacial score (nSPS) is 10.1. The number of nitrogens with two attached hydrogens (primary N) is 1. The Bertz CT molecular complexity index is 435. The van der Waals surface area contributed by atoms with Crippen LogP contribution in [-0.2, 0) is 0 Å². The minimum Gasteiger partial charge on any atom is -0.368 e. The van der Waals surface area contributed by atoms with Crippen molar-refractivity contribution in [3.05, 3.63) is 49.1 Å². The van der Waals surface area contributed by atoms with Crippen LogP contribution in [0.15, 0.2) is 36.7 Å². The van der Waals surface area contributed by atoms with E-state index in [4.69, 9.17) is 12.7 Å². The Morgan fingerprint density at radius 1 is 1.07 bits per heavy atom. The summed E-state index contributed by atoms with van der Waals surface area (Å²) in [6, 6.07) is 7.54. The van der Waals surface area contributed by atoms with E-state index in [1.807, 2.05) is 24.3 Å². The molecule has 2 radical (unpaired) electrons. The summed E-state index contributed by atoms with van der Waals surface area (Å²) < 4.78 is 0. The maximum absolute atomic E-state index is 5.66. The highest BCUT2D eigenvalue weighted by molar-refractivity contribution is 5.62. The van der Waals surface area contributed by atoms with Gasteiger partial charge in [-0.3, -0.25) is 0 Å². The summed E-state index contributed by atoms with van der Waals surface area (Å²) in [4.78, 5) is 7.82. The Morgan fingerprint density at radius 2 is 1.79 bits per heavy atom. The van der Waals surface area contributed by atoms with Crippen LogP contribution >= 0.6 is 0 Å². The molecule has 0 unspecified atom stereocenters. The van der Waals surface area contributed by atoms with Crippen LogP contribution in [0.1, 0.15) is 5.56 Å². The van der Waals surface area contributed by atoms with E-state index in [9.17, 15) is 0 Å². The Kier molecular flexibility index (Phi) is 2.14. The van der Waals surface area contributed by atoms with E-state index in [-0.39, 0.29) is 5.95 Å². The molecule has 2 N–H and O–H groups in total. The molecule has 0 saturated heterocycles. The fourth-order valence-corrected chi connectivity index (χ4v) is 1.21. The molecule has 14 heavy (non-hydrogen) atoms. The molecule has 0 atom stereocenters. The van der Waals surface area contributed by atoms with Gasteiger partial charge in [0.2, 0.25) is 5.95 Å². The van der Waals surface area contributed by atoms with Gasteiger partial charge in [0.25, 0.3) is 0 Å². The van der Waals surface area contributed by atoms with Gasteiger partial charge in [0, 0.05) is 18.0 Å². The van der Waals surface area contributed by atoms with E-state index >= 15 is 0 Å². The number of nitrogens with zero attached hydrogens (tertiary/aromatic N) is 2. The van der Waals surface area contributed by atoms with Crippen molar-refractivity contribution in [3.63, 3.8) is 0 Å². The number of rotatable bonds is 1. The zero-order valence-electron chi connectivity index (χ0n) is 7.51. The average Bonchev–Trinajstić information content (AvgIpc) is 2.19. The maximum atomic E-state index is 5.66. The summed E-state index contributed by atoms with van der Waals surface area (Å²) >= 11 is 0. The molecule has 1 aromatic heterocycles. The van der Waals surface area contributed by atoms with Crippen molar-refractivity contribution in [1.82, 2.24) is 9.97 Å². The standard InChI is InChI=1S/C11H9N3/c1-8-3-2-4-9(5-8)10-6-13-11(12)14-7-10/h1-7H,(H2,12,13,14). The number of aromatic nitrogens is 2. The molecule has 1 heterocycles. The van der Waals surface area contributed by atoms with Crippen molar-refractivity contribution in [2.24, 2.45) is 0 Å². The third kappa shape index (κ3) is 1.71. The lowest BCUT2D eigenvalue weighted by atomic mass is 10.1. The zero-order chi connectivity index (χ0) is 9.97. The van der Waals surface area contributed by atoms with E-state index in [0.29, 0.717) is 0 Å². The second-order valence-electron chi connectivity index (χ2n) is 2.96.